The first-order chi connectivity index (χ1) is 15.7. The number of nitrogens with zero attached hydrogens (tertiary/aromatic N) is 2. The number of aromatic nitrogens is 1. The third kappa shape index (κ3) is 10.2. The van der Waals surface area contributed by atoms with Crippen LogP contribution in [-0.4, -0.2) is 50.5 Å². The molecule has 2 N–H and O–H groups in total. The largest absolute Gasteiger partial charge is 0.453 e. The van der Waals surface area contributed by atoms with Crippen LogP contribution in [-0.2, 0) is 16.0 Å². The molecule has 0 unspecified atom stereocenters. The lowest BCUT2D eigenvalue weighted by Crippen LogP contribution is -2.38. The minimum absolute atomic E-state index is 0. The summed E-state index contributed by atoms with van der Waals surface area (Å²) in [7, 11) is 0. The third-order valence-corrected chi connectivity index (χ3v) is 5.07. The Bertz CT molecular complexity index is 836. The Morgan fingerprint density at radius 1 is 1.24 bits per heavy atom. The fourth-order valence-electron chi connectivity index (χ4n) is 3.32. The van der Waals surface area contributed by atoms with E-state index in [2.05, 4.69) is 20.6 Å². The standard InChI is InChI=1S/C24H33FN4O3.HI/c1-2-27-24(28-11-4-12-31-18-19-8-13-30-14-9-19)29-16-20-6-7-23(22(25)15-20)32-21-5-3-10-26-17-21;/h3,5-7,10,15,17,19H,2,4,8-9,11-14,16,18H2,1H3,(H2,27,28,29);1H. The van der Waals surface area contributed by atoms with Gasteiger partial charge in [-0.15, -0.1) is 24.0 Å². The van der Waals surface area contributed by atoms with Gasteiger partial charge in [0.2, 0.25) is 0 Å². The molecule has 0 spiro atoms. The molecule has 1 aromatic heterocycles. The van der Waals surface area contributed by atoms with Crippen LogP contribution >= 0.6 is 24.0 Å². The zero-order valence-electron chi connectivity index (χ0n) is 19.1. The molecule has 1 saturated heterocycles. The lowest BCUT2D eigenvalue weighted by atomic mass is 10.0. The lowest BCUT2D eigenvalue weighted by molar-refractivity contribution is 0.0203. The van der Waals surface area contributed by atoms with E-state index in [1.165, 1.54) is 6.07 Å². The van der Waals surface area contributed by atoms with Crippen LogP contribution in [0.15, 0.2) is 47.7 Å². The summed E-state index contributed by atoms with van der Waals surface area (Å²) in [5.74, 6) is 1.55. The van der Waals surface area contributed by atoms with Gasteiger partial charge in [-0.2, -0.15) is 0 Å². The van der Waals surface area contributed by atoms with Crippen molar-refractivity contribution in [1.82, 2.24) is 15.6 Å². The Hall–Kier alpha value is -1.98. The molecule has 2 heterocycles. The van der Waals surface area contributed by atoms with Crippen molar-refractivity contribution >= 4 is 29.9 Å². The topological polar surface area (TPSA) is 77.0 Å². The van der Waals surface area contributed by atoms with Gasteiger partial charge in [-0.25, -0.2) is 9.38 Å². The predicted octanol–water partition coefficient (Wildman–Crippen LogP) is 4.52. The molecular formula is C24H34FIN4O3. The summed E-state index contributed by atoms with van der Waals surface area (Å²) in [6.07, 6.45) is 6.25. The first-order valence-corrected chi connectivity index (χ1v) is 11.3. The fraction of sp³-hybridized carbons (Fsp3) is 0.500. The van der Waals surface area contributed by atoms with E-state index in [9.17, 15) is 4.39 Å². The van der Waals surface area contributed by atoms with Crippen molar-refractivity contribution < 1.29 is 18.6 Å². The molecule has 0 amide bonds. The molecule has 33 heavy (non-hydrogen) atoms. The van der Waals surface area contributed by atoms with Crippen molar-refractivity contribution in [1.29, 1.82) is 0 Å². The van der Waals surface area contributed by atoms with Crippen LogP contribution < -0.4 is 15.4 Å². The summed E-state index contributed by atoms with van der Waals surface area (Å²) in [5, 5.41) is 6.51. The summed E-state index contributed by atoms with van der Waals surface area (Å²) in [5.41, 5.74) is 0.762. The molecule has 1 aromatic carbocycles. The van der Waals surface area contributed by atoms with Crippen molar-refractivity contribution in [2.24, 2.45) is 10.9 Å². The smallest absolute Gasteiger partial charge is 0.191 e. The van der Waals surface area contributed by atoms with Crippen molar-refractivity contribution in [3.63, 3.8) is 0 Å². The highest BCUT2D eigenvalue weighted by molar-refractivity contribution is 14.0. The fourth-order valence-corrected chi connectivity index (χ4v) is 3.32. The zero-order chi connectivity index (χ0) is 22.4. The number of halogens is 2. The second kappa shape index (κ2) is 15.8. The number of hydrogen-bond donors (Lipinski definition) is 2. The molecule has 0 atom stereocenters. The summed E-state index contributed by atoms with van der Waals surface area (Å²) >= 11 is 0. The average Bonchev–Trinajstić information content (AvgIpc) is 2.82. The lowest BCUT2D eigenvalue weighted by Gasteiger charge is -2.21. The Labute approximate surface area is 212 Å². The first-order valence-electron chi connectivity index (χ1n) is 11.3. The minimum atomic E-state index is -0.429. The van der Waals surface area contributed by atoms with E-state index in [4.69, 9.17) is 14.2 Å². The van der Waals surface area contributed by atoms with E-state index >= 15 is 0 Å². The van der Waals surface area contributed by atoms with Crippen molar-refractivity contribution in [3.05, 3.63) is 54.1 Å². The molecule has 3 rings (SSSR count). The Balaban J connectivity index is 0.00000385. The van der Waals surface area contributed by atoms with Gasteiger partial charge in [0.25, 0.3) is 0 Å². The van der Waals surface area contributed by atoms with E-state index in [-0.39, 0.29) is 29.7 Å². The van der Waals surface area contributed by atoms with E-state index in [1.807, 2.05) is 13.0 Å². The minimum Gasteiger partial charge on any atom is -0.453 e. The molecule has 1 aliphatic rings. The number of guanidine groups is 1. The monoisotopic (exact) mass is 572 g/mol. The number of rotatable bonds is 11. The Morgan fingerprint density at radius 2 is 2.09 bits per heavy atom. The highest BCUT2D eigenvalue weighted by Gasteiger charge is 2.13. The number of pyridine rings is 1. The molecule has 0 bridgehead atoms. The predicted molar refractivity (Wildman–Crippen MR) is 138 cm³/mol. The molecule has 1 fully saturated rings. The molecule has 0 radical (unpaired) electrons. The summed E-state index contributed by atoms with van der Waals surface area (Å²) in [4.78, 5) is 8.52. The third-order valence-electron chi connectivity index (χ3n) is 5.07. The van der Waals surface area contributed by atoms with E-state index in [0.717, 1.165) is 57.7 Å². The molecule has 0 saturated carbocycles. The van der Waals surface area contributed by atoms with Gasteiger partial charge in [-0.3, -0.25) is 4.98 Å². The average molecular weight is 572 g/mol. The van der Waals surface area contributed by atoms with Crippen LogP contribution in [0.1, 0.15) is 31.7 Å². The van der Waals surface area contributed by atoms with Crippen LogP contribution in [0.4, 0.5) is 4.39 Å². The van der Waals surface area contributed by atoms with Gasteiger partial charge in [0.05, 0.1) is 12.7 Å². The van der Waals surface area contributed by atoms with E-state index in [0.29, 0.717) is 30.8 Å². The van der Waals surface area contributed by atoms with Crippen LogP contribution in [0, 0.1) is 11.7 Å². The second-order valence-corrected chi connectivity index (χ2v) is 7.66. The Kier molecular flexibility index (Phi) is 13.0. The molecule has 182 valence electrons. The summed E-state index contributed by atoms with van der Waals surface area (Å²) in [6.45, 7) is 7.10. The van der Waals surface area contributed by atoms with Crippen LogP contribution in [0.25, 0.3) is 0 Å². The van der Waals surface area contributed by atoms with Gasteiger partial charge in [0.1, 0.15) is 5.75 Å². The number of benzene rings is 1. The first kappa shape index (κ1) is 27.3. The highest BCUT2D eigenvalue weighted by Crippen LogP contribution is 2.24. The number of ether oxygens (including phenoxy) is 3. The van der Waals surface area contributed by atoms with Gasteiger partial charge in [0.15, 0.2) is 17.5 Å². The van der Waals surface area contributed by atoms with Crippen molar-refractivity contribution in [2.45, 2.75) is 32.7 Å². The van der Waals surface area contributed by atoms with Crippen LogP contribution in [0.3, 0.4) is 0 Å². The van der Waals surface area contributed by atoms with Gasteiger partial charge >= 0.3 is 0 Å². The normalized spacial score (nSPS) is 14.4. The van der Waals surface area contributed by atoms with Gasteiger partial charge in [-0.1, -0.05) is 6.07 Å². The molecular weight excluding hydrogens is 538 g/mol. The van der Waals surface area contributed by atoms with Crippen LogP contribution in [0.2, 0.25) is 0 Å². The van der Waals surface area contributed by atoms with Crippen molar-refractivity contribution in [3.8, 4) is 11.5 Å². The maximum absolute atomic E-state index is 14.4. The van der Waals surface area contributed by atoms with E-state index in [1.54, 1.807) is 30.6 Å². The van der Waals surface area contributed by atoms with Gasteiger partial charge < -0.3 is 24.8 Å². The highest BCUT2D eigenvalue weighted by atomic mass is 127. The van der Waals surface area contributed by atoms with E-state index < -0.39 is 5.82 Å². The SMILES string of the molecule is CCNC(=NCc1ccc(Oc2cccnc2)c(F)c1)NCCCOCC1CCOCC1.I. The number of nitrogens with one attached hydrogen (secondary N) is 2. The maximum Gasteiger partial charge on any atom is 0.191 e. The zero-order valence-corrected chi connectivity index (χ0v) is 21.4. The van der Waals surface area contributed by atoms with Gasteiger partial charge in [-0.05, 0) is 61.9 Å². The Morgan fingerprint density at radius 3 is 2.82 bits per heavy atom. The molecule has 1 aliphatic heterocycles. The summed E-state index contributed by atoms with van der Waals surface area (Å²) in [6, 6.07) is 8.34. The summed E-state index contributed by atoms with van der Waals surface area (Å²) < 4.78 is 31.1. The van der Waals surface area contributed by atoms with Crippen molar-refractivity contribution in [2.75, 3.05) is 39.5 Å². The second-order valence-electron chi connectivity index (χ2n) is 7.66. The molecule has 0 aliphatic carbocycles. The van der Waals surface area contributed by atoms with Crippen LogP contribution in [0.5, 0.6) is 11.5 Å². The van der Waals surface area contributed by atoms with Gasteiger partial charge in [0, 0.05) is 45.7 Å². The maximum atomic E-state index is 14.4. The quantitative estimate of drug-likeness (QED) is 0.179. The molecule has 9 heteroatoms. The number of hydrogen-bond acceptors (Lipinski definition) is 5. The molecule has 2 aromatic rings. The number of aliphatic imine (C=N–C) groups is 1. The molecule has 7 nitrogen and oxygen atoms in total.